The molecule has 2 aromatic rings. The van der Waals surface area contributed by atoms with Crippen molar-refractivity contribution in [1.82, 2.24) is 0 Å². The number of hydrogen-bond donors (Lipinski definition) is 1. The third kappa shape index (κ3) is 5.23. The first-order valence-electron chi connectivity index (χ1n) is 9.09. The standard InChI is InChI=1S/C19H17NO6S.CH4S/c21-19-16-9-6-14(10-12(16)11-24-19)25-17-2-1-3-18(17)26-27-15-7-4-13(5-8-15)20(22)23;1-2/h4-10,17-18H,1-3,11H2;2H,1H3. The van der Waals surface area contributed by atoms with Crippen LogP contribution in [0.15, 0.2) is 47.4 Å². The molecule has 1 aliphatic heterocycles. The molecule has 2 aliphatic rings. The van der Waals surface area contributed by atoms with Gasteiger partial charge < -0.3 is 13.7 Å². The summed E-state index contributed by atoms with van der Waals surface area (Å²) in [5.74, 6) is 0.408. The molecule has 7 nitrogen and oxygen atoms in total. The molecule has 0 spiro atoms. The van der Waals surface area contributed by atoms with Crippen LogP contribution in [0.1, 0.15) is 35.2 Å². The van der Waals surface area contributed by atoms with Crippen molar-refractivity contribution in [2.45, 2.75) is 43.0 Å². The molecule has 9 heteroatoms. The lowest BCUT2D eigenvalue weighted by Crippen LogP contribution is -2.27. The molecule has 4 rings (SSSR count). The molecule has 0 aromatic heterocycles. The predicted octanol–water partition coefficient (Wildman–Crippen LogP) is 4.84. The smallest absolute Gasteiger partial charge is 0.338 e. The zero-order valence-electron chi connectivity index (χ0n) is 15.8. The van der Waals surface area contributed by atoms with Gasteiger partial charge in [-0.25, -0.2) is 4.79 Å². The summed E-state index contributed by atoms with van der Waals surface area (Å²) in [6.45, 7) is 0.284. The van der Waals surface area contributed by atoms with E-state index in [1.807, 2.05) is 6.07 Å². The Labute approximate surface area is 178 Å². The topological polar surface area (TPSA) is 87.9 Å². The minimum absolute atomic E-state index is 0.0560. The number of nitro benzene ring substituents is 1. The Morgan fingerprint density at radius 1 is 1.14 bits per heavy atom. The highest BCUT2D eigenvalue weighted by Gasteiger charge is 2.31. The highest BCUT2D eigenvalue weighted by molar-refractivity contribution is 7.94. The van der Waals surface area contributed by atoms with Gasteiger partial charge in [0.2, 0.25) is 0 Å². The highest BCUT2D eigenvalue weighted by atomic mass is 32.2. The average molecular weight is 436 g/mol. The zero-order valence-corrected chi connectivity index (χ0v) is 17.5. The van der Waals surface area contributed by atoms with Crippen LogP contribution in [0.2, 0.25) is 0 Å². The first kappa shape index (κ1) is 21.5. The summed E-state index contributed by atoms with van der Waals surface area (Å²) in [5, 5.41) is 10.7. The predicted molar refractivity (Wildman–Crippen MR) is 113 cm³/mol. The van der Waals surface area contributed by atoms with E-state index in [2.05, 4.69) is 12.6 Å². The Bertz CT molecular complexity index is 874. The van der Waals surface area contributed by atoms with Crippen molar-refractivity contribution in [3.8, 4) is 5.75 Å². The number of carbonyl (C=O) groups excluding carboxylic acids is 1. The maximum Gasteiger partial charge on any atom is 0.338 e. The maximum atomic E-state index is 11.5. The molecule has 0 saturated heterocycles. The summed E-state index contributed by atoms with van der Waals surface area (Å²) in [4.78, 5) is 22.6. The van der Waals surface area contributed by atoms with Gasteiger partial charge in [-0.05, 0) is 55.9 Å². The number of nitrogens with zero attached hydrogens (tertiary/aromatic N) is 1. The number of fused-ring (bicyclic) bond motifs is 1. The number of ether oxygens (including phenoxy) is 2. The minimum atomic E-state index is -0.425. The summed E-state index contributed by atoms with van der Waals surface area (Å²) in [5.41, 5.74) is 1.49. The number of nitro groups is 1. The lowest BCUT2D eigenvalue weighted by molar-refractivity contribution is -0.384. The van der Waals surface area contributed by atoms with Crippen LogP contribution in [0, 0.1) is 10.1 Å². The molecule has 1 fully saturated rings. The van der Waals surface area contributed by atoms with Gasteiger partial charge in [-0.15, -0.1) is 0 Å². The highest BCUT2D eigenvalue weighted by Crippen LogP contribution is 2.33. The fourth-order valence-electron chi connectivity index (χ4n) is 3.24. The summed E-state index contributed by atoms with van der Waals surface area (Å²) in [7, 11) is 0. The summed E-state index contributed by atoms with van der Waals surface area (Å²) in [6, 6.07) is 11.6. The van der Waals surface area contributed by atoms with Crippen molar-refractivity contribution < 1.29 is 23.4 Å². The van der Waals surface area contributed by atoms with Crippen LogP contribution < -0.4 is 4.74 Å². The van der Waals surface area contributed by atoms with Gasteiger partial charge in [-0.3, -0.25) is 10.1 Å². The van der Waals surface area contributed by atoms with Gasteiger partial charge in [0.1, 0.15) is 24.6 Å². The average Bonchev–Trinajstić information content (AvgIpc) is 3.34. The number of carbonyl (C=O) groups is 1. The zero-order chi connectivity index (χ0) is 20.8. The van der Waals surface area contributed by atoms with Gasteiger partial charge in [0.25, 0.3) is 5.69 Å². The molecule has 1 aliphatic carbocycles. The van der Waals surface area contributed by atoms with E-state index in [0.29, 0.717) is 11.3 Å². The van der Waals surface area contributed by atoms with Crippen LogP contribution in [0.3, 0.4) is 0 Å². The third-order valence-corrected chi connectivity index (χ3v) is 5.46. The molecule has 1 heterocycles. The third-order valence-electron chi connectivity index (χ3n) is 4.65. The van der Waals surface area contributed by atoms with E-state index < -0.39 is 4.92 Å². The summed E-state index contributed by atoms with van der Waals surface area (Å²) >= 11 is 4.73. The van der Waals surface area contributed by atoms with E-state index in [-0.39, 0.29) is 30.5 Å². The van der Waals surface area contributed by atoms with E-state index in [4.69, 9.17) is 13.7 Å². The van der Waals surface area contributed by atoms with Gasteiger partial charge in [0, 0.05) is 34.6 Å². The van der Waals surface area contributed by atoms with Crippen LogP contribution in [-0.2, 0) is 15.5 Å². The second-order valence-electron chi connectivity index (χ2n) is 6.45. The number of esters is 1. The van der Waals surface area contributed by atoms with Crippen LogP contribution in [0.25, 0.3) is 0 Å². The lowest BCUT2D eigenvalue weighted by Gasteiger charge is -2.21. The van der Waals surface area contributed by atoms with Gasteiger partial charge >= 0.3 is 5.97 Å². The number of hydrogen-bond acceptors (Lipinski definition) is 8. The maximum absolute atomic E-state index is 11.5. The quantitative estimate of drug-likeness (QED) is 0.228. The first-order valence-corrected chi connectivity index (χ1v) is 10.7. The van der Waals surface area contributed by atoms with E-state index >= 15 is 0 Å². The molecule has 2 atom stereocenters. The Hall–Kier alpha value is -2.23. The normalized spacial score (nSPS) is 19.7. The Balaban J connectivity index is 0.00000117. The molecule has 29 heavy (non-hydrogen) atoms. The minimum Gasteiger partial charge on any atom is -0.488 e. The van der Waals surface area contributed by atoms with Gasteiger partial charge in [0.15, 0.2) is 0 Å². The van der Waals surface area contributed by atoms with Crippen molar-refractivity contribution in [2.24, 2.45) is 0 Å². The lowest BCUT2D eigenvalue weighted by atomic mass is 10.1. The van der Waals surface area contributed by atoms with E-state index in [0.717, 1.165) is 29.7 Å². The first-order chi connectivity index (χ1) is 14.1. The van der Waals surface area contributed by atoms with Crippen molar-refractivity contribution in [2.75, 3.05) is 6.26 Å². The molecule has 0 N–H and O–H groups in total. The Morgan fingerprint density at radius 3 is 2.59 bits per heavy atom. The summed E-state index contributed by atoms with van der Waals surface area (Å²) < 4.78 is 17.0. The molecule has 0 amide bonds. The van der Waals surface area contributed by atoms with Crippen molar-refractivity contribution in [3.05, 3.63) is 63.7 Å². The van der Waals surface area contributed by atoms with Crippen molar-refractivity contribution in [3.63, 3.8) is 0 Å². The van der Waals surface area contributed by atoms with Gasteiger partial charge in [-0.1, -0.05) is 0 Å². The monoisotopic (exact) mass is 435 g/mol. The molecule has 0 bridgehead atoms. The Morgan fingerprint density at radius 2 is 1.86 bits per heavy atom. The molecule has 0 radical (unpaired) electrons. The molecular weight excluding hydrogens is 414 g/mol. The number of cyclic esters (lactones) is 1. The summed E-state index contributed by atoms with van der Waals surface area (Å²) in [6.07, 6.45) is 4.32. The number of benzene rings is 2. The largest absolute Gasteiger partial charge is 0.488 e. The molecule has 1 saturated carbocycles. The Kier molecular flexibility index (Phi) is 7.40. The number of thiol groups is 1. The fourth-order valence-corrected chi connectivity index (χ4v) is 3.94. The molecule has 2 unspecified atom stereocenters. The van der Waals surface area contributed by atoms with Crippen LogP contribution in [0.4, 0.5) is 5.69 Å². The second kappa shape index (κ2) is 10.00. The number of non-ortho nitro benzene ring substituents is 1. The number of rotatable bonds is 6. The fraction of sp³-hybridized carbons (Fsp3) is 0.350. The van der Waals surface area contributed by atoms with Crippen molar-refractivity contribution >= 4 is 36.3 Å². The van der Waals surface area contributed by atoms with Crippen molar-refractivity contribution in [1.29, 1.82) is 0 Å². The van der Waals surface area contributed by atoms with E-state index in [1.54, 1.807) is 30.5 Å². The second-order valence-corrected chi connectivity index (χ2v) is 7.28. The van der Waals surface area contributed by atoms with Crippen LogP contribution in [-0.4, -0.2) is 29.4 Å². The molecular formula is C20H21NO6S2. The molecule has 154 valence electrons. The van der Waals surface area contributed by atoms with Gasteiger partial charge in [-0.2, -0.15) is 12.6 Å². The van der Waals surface area contributed by atoms with E-state index in [9.17, 15) is 14.9 Å². The van der Waals surface area contributed by atoms with Gasteiger partial charge in [0.05, 0.1) is 10.5 Å². The van der Waals surface area contributed by atoms with Crippen LogP contribution in [0.5, 0.6) is 5.75 Å². The SMILES string of the molecule is CS.O=C1OCc2cc(OC3CCCC3OSc3ccc([N+](=O)[O-])cc3)ccc21. The van der Waals surface area contributed by atoms with E-state index in [1.165, 1.54) is 24.2 Å². The molecule has 2 aromatic carbocycles. The van der Waals surface area contributed by atoms with Crippen LogP contribution >= 0.6 is 24.7 Å².